The summed E-state index contributed by atoms with van der Waals surface area (Å²) < 4.78 is 71.7. The van der Waals surface area contributed by atoms with Crippen LogP contribution in [0.5, 0.6) is 0 Å². The second kappa shape index (κ2) is 33.2. The molecule has 320 valence electrons. The van der Waals surface area contributed by atoms with Crippen molar-refractivity contribution in [3.8, 4) is 0 Å². The summed E-state index contributed by atoms with van der Waals surface area (Å²) in [5.41, 5.74) is -2.92. The van der Waals surface area contributed by atoms with E-state index in [0.717, 1.165) is 36.5 Å². The van der Waals surface area contributed by atoms with E-state index in [-0.39, 0.29) is 119 Å². The fraction of sp³-hybridized carbons (Fsp3) is 0.526. The molecule has 0 saturated heterocycles. The number of carbonyl (C=O) groups is 6. The van der Waals surface area contributed by atoms with Crippen LogP contribution in [0.4, 0.5) is 0 Å². The lowest BCUT2D eigenvalue weighted by Crippen LogP contribution is -2.52. The molecule has 0 aliphatic carbocycles. The Morgan fingerprint density at radius 3 is 0.702 bits per heavy atom. The van der Waals surface area contributed by atoms with Crippen LogP contribution in [0.15, 0.2) is 75.9 Å². The molecule has 0 aromatic carbocycles. The van der Waals surface area contributed by atoms with E-state index >= 15 is 0 Å². The standard InChI is InChI=1S/C38H54O19/c1-7-31(39)50-17-13-45-25-37(56-23-21-54-35(43)11-5,26-46-14-18-51-32(40)8-2)29-49-30-38(57-24-22-55-36(44)12-6,27-47-15-19-52-33(41)9-3)28-48-16-20-53-34(42)10-4/h7-12H,1-6,13-30H2. The molecule has 0 atom stereocenters. The van der Waals surface area contributed by atoms with Crippen molar-refractivity contribution in [2.45, 2.75) is 11.2 Å². The van der Waals surface area contributed by atoms with E-state index in [1.807, 2.05) is 0 Å². The summed E-state index contributed by atoms with van der Waals surface area (Å²) in [6.07, 6.45) is 5.92. The lowest BCUT2D eigenvalue weighted by molar-refractivity contribution is -0.207. The van der Waals surface area contributed by atoms with Crippen molar-refractivity contribution >= 4 is 35.8 Å². The lowest BCUT2D eigenvalue weighted by Gasteiger charge is -2.37. The van der Waals surface area contributed by atoms with Crippen molar-refractivity contribution in [3.63, 3.8) is 0 Å². The molecular weight excluding hydrogens is 760 g/mol. The van der Waals surface area contributed by atoms with Crippen LogP contribution in [0, 0.1) is 0 Å². The minimum absolute atomic E-state index is 0.0852. The van der Waals surface area contributed by atoms with Gasteiger partial charge in [-0.3, -0.25) is 0 Å². The zero-order valence-corrected chi connectivity index (χ0v) is 32.2. The Morgan fingerprint density at radius 1 is 0.298 bits per heavy atom. The fourth-order valence-electron chi connectivity index (χ4n) is 3.91. The van der Waals surface area contributed by atoms with Crippen molar-refractivity contribution in [2.24, 2.45) is 0 Å². The van der Waals surface area contributed by atoms with Crippen LogP contribution in [0.3, 0.4) is 0 Å². The average molecular weight is 815 g/mol. The molecule has 0 N–H and O–H groups in total. The normalized spacial score (nSPS) is 10.9. The highest BCUT2D eigenvalue weighted by molar-refractivity contribution is 5.82. The third-order valence-corrected chi connectivity index (χ3v) is 6.55. The summed E-state index contributed by atoms with van der Waals surface area (Å²) in [6.45, 7) is 16.9. The molecule has 0 aromatic heterocycles. The largest absolute Gasteiger partial charge is 0.460 e. The molecule has 57 heavy (non-hydrogen) atoms. The van der Waals surface area contributed by atoms with Crippen molar-refractivity contribution in [1.29, 1.82) is 0 Å². The molecule has 0 unspecified atom stereocenters. The van der Waals surface area contributed by atoms with Crippen molar-refractivity contribution in [2.75, 3.05) is 119 Å². The molecular formula is C38H54O19. The van der Waals surface area contributed by atoms with Crippen LogP contribution in [0.25, 0.3) is 0 Å². The Hall–Kier alpha value is -5.02. The SMILES string of the molecule is C=CC(=O)OCCOCC(COCCOC(=O)C=C)(COCC(COCCOC(=O)C=C)(COCCOC(=O)C=C)OCCOC(=O)C=C)OCCOC(=O)C=C. The second-order valence-corrected chi connectivity index (χ2v) is 11.0. The first kappa shape index (κ1) is 52.0. The van der Waals surface area contributed by atoms with E-state index in [2.05, 4.69) is 39.5 Å². The predicted molar refractivity (Wildman–Crippen MR) is 198 cm³/mol. The average Bonchev–Trinajstić information content (AvgIpc) is 3.22. The van der Waals surface area contributed by atoms with Gasteiger partial charge >= 0.3 is 35.8 Å². The highest BCUT2D eigenvalue weighted by Gasteiger charge is 2.38. The van der Waals surface area contributed by atoms with Gasteiger partial charge in [0.1, 0.15) is 50.8 Å². The second-order valence-electron chi connectivity index (χ2n) is 11.0. The number of hydrogen-bond donors (Lipinski definition) is 0. The number of carbonyl (C=O) groups excluding carboxylic acids is 6. The zero-order valence-electron chi connectivity index (χ0n) is 32.2. The molecule has 0 saturated carbocycles. The summed E-state index contributed by atoms with van der Waals surface area (Å²) in [7, 11) is 0. The zero-order chi connectivity index (χ0) is 42.6. The van der Waals surface area contributed by atoms with Crippen LogP contribution in [0.2, 0.25) is 0 Å². The third kappa shape index (κ3) is 27.3. The molecule has 0 heterocycles. The molecule has 0 aliphatic rings. The predicted octanol–water partition coefficient (Wildman–Crippen LogP) is 0.955. The van der Waals surface area contributed by atoms with E-state index in [4.69, 9.17) is 61.6 Å². The third-order valence-electron chi connectivity index (χ3n) is 6.55. The molecule has 19 heteroatoms. The lowest BCUT2D eigenvalue weighted by atomic mass is 10.1. The molecule has 0 aromatic rings. The molecule has 0 bridgehead atoms. The highest BCUT2D eigenvalue weighted by Crippen LogP contribution is 2.20. The Labute approximate surface area is 332 Å². The van der Waals surface area contributed by atoms with Gasteiger partial charge in [0.25, 0.3) is 0 Å². The fourth-order valence-corrected chi connectivity index (χ4v) is 3.91. The van der Waals surface area contributed by atoms with Gasteiger partial charge < -0.3 is 61.6 Å². The van der Waals surface area contributed by atoms with Gasteiger partial charge in [0.15, 0.2) is 0 Å². The van der Waals surface area contributed by atoms with Crippen LogP contribution in [-0.4, -0.2) is 166 Å². The van der Waals surface area contributed by atoms with Crippen LogP contribution in [-0.2, 0) is 90.3 Å². The molecule has 19 nitrogen and oxygen atoms in total. The monoisotopic (exact) mass is 814 g/mol. The maximum atomic E-state index is 11.7. The van der Waals surface area contributed by atoms with Gasteiger partial charge in [0, 0.05) is 36.5 Å². The minimum atomic E-state index is -1.46. The molecule has 0 amide bonds. The number of hydrogen-bond acceptors (Lipinski definition) is 19. The first-order valence-corrected chi connectivity index (χ1v) is 17.4. The van der Waals surface area contributed by atoms with E-state index < -0.39 is 47.0 Å². The van der Waals surface area contributed by atoms with Crippen LogP contribution in [0.1, 0.15) is 0 Å². The summed E-state index contributed by atoms with van der Waals surface area (Å²) in [4.78, 5) is 69.5. The summed E-state index contributed by atoms with van der Waals surface area (Å²) in [5.74, 6) is -4.04. The summed E-state index contributed by atoms with van der Waals surface area (Å²) in [5, 5.41) is 0. The summed E-state index contributed by atoms with van der Waals surface area (Å²) >= 11 is 0. The smallest absolute Gasteiger partial charge is 0.330 e. The Kier molecular flexibility index (Phi) is 30.2. The van der Waals surface area contributed by atoms with Gasteiger partial charge in [-0.15, -0.1) is 0 Å². The Balaban J connectivity index is 6.40. The number of ether oxygens (including phenoxy) is 13. The van der Waals surface area contributed by atoms with E-state index in [0.29, 0.717) is 0 Å². The first-order valence-electron chi connectivity index (χ1n) is 17.4. The first-order chi connectivity index (χ1) is 27.4. The van der Waals surface area contributed by atoms with Gasteiger partial charge in [0.05, 0.1) is 79.3 Å². The van der Waals surface area contributed by atoms with E-state index in [1.165, 1.54) is 0 Å². The maximum absolute atomic E-state index is 11.7. The molecule has 0 aliphatic heterocycles. The van der Waals surface area contributed by atoms with Crippen LogP contribution >= 0.6 is 0 Å². The van der Waals surface area contributed by atoms with Gasteiger partial charge in [-0.2, -0.15) is 0 Å². The van der Waals surface area contributed by atoms with Gasteiger partial charge in [-0.05, 0) is 0 Å². The quantitative estimate of drug-likeness (QED) is 0.0366. The van der Waals surface area contributed by atoms with Gasteiger partial charge in [-0.1, -0.05) is 39.5 Å². The molecule has 0 spiro atoms. The summed E-state index contributed by atoms with van der Waals surface area (Å²) in [6, 6.07) is 0. The van der Waals surface area contributed by atoms with Crippen molar-refractivity contribution in [1.82, 2.24) is 0 Å². The molecule has 0 rings (SSSR count). The Bertz CT molecular complexity index is 1140. The van der Waals surface area contributed by atoms with Gasteiger partial charge in [0.2, 0.25) is 0 Å². The Morgan fingerprint density at radius 2 is 0.491 bits per heavy atom. The maximum Gasteiger partial charge on any atom is 0.330 e. The van der Waals surface area contributed by atoms with Crippen LogP contribution < -0.4 is 0 Å². The van der Waals surface area contributed by atoms with Crippen molar-refractivity contribution < 1.29 is 90.3 Å². The molecule has 0 radical (unpaired) electrons. The number of rotatable bonds is 38. The van der Waals surface area contributed by atoms with E-state index in [1.54, 1.807) is 0 Å². The highest BCUT2D eigenvalue weighted by atomic mass is 16.6. The van der Waals surface area contributed by atoms with Crippen molar-refractivity contribution in [3.05, 3.63) is 75.9 Å². The number of esters is 6. The molecule has 0 fully saturated rings. The minimum Gasteiger partial charge on any atom is -0.460 e. The topological polar surface area (TPSA) is 222 Å². The van der Waals surface area contributed by atoms with Gasteiger partial charge in [-0.25, -0.2) is 28.8 Å². The van der Waals surface area contributed by atoms with E-state index in [9.17, 15) is 28.8 Å².